The van der Waals surface area contributed by atoms with E-state index in [1.54, 1.807) is 12.3 Å². The van der Waals surface area contributed by atoms with Gasteiger partial charge >= 0.3 is 0 Å². The van der Waals surface area contributed by atoms with Crippen molar-refractivity contribution in [2.45, 2.75) is 12.5 Å². The lowest BCUT2D eigenvalue weighted by Gasteiger charge is -2.01. The van der Waals surface area contributed by atoms with Crippen LogP contribution in [0.5, 0.6) is 0 Å². The van der Waals surface area contributed by atoms with Gasteiger partial charge < -0.3 is 0 Å². The lowest BCUT2D eigenvalue weighted by atomic mass is 10.1. The Balaban J connectivity index is 2.82. The summed E-state index contributed by atoms with van der Waals surface area (Å²) < 4.78 is 0. The smallest absolute Gasteiger partial charge is 0.113 e. The SMILES string of the molecule is C#C/C=C(\C=C/CC(C#C)N=C)c1ccccn1. The zero-order valence-corrected chi connectivity index (χ0v) is 10.1. The fraction of sp³-hybridized carbons (Fsp3) is 0.125. The van der Waals surface area contributed by atoms with Crippen LogP contribution < -0.4 is 0 Å². The number of rotatable bonds is 5. The second-order valence-corrected chi connectivity index (χ2v) is 3.48. The van der Waals surface area contributed by atoms with Crippen molar-refractivity contribution in [3.63, 3.8) is 0 Å². The van der Waals surface area contributed by atoms with E-state index in [1.165, 1.54) is 0 Å². The highest BCUT2D eigenvalue weighted by molar-refractivity contribution is 5.73. The molecule has 1 atom stereocenters. The first-order valence-corrected chi connectivity index (χ1v) is 5.48. The van der Waals surface area contributed by atoms with E-state index in [2.05, 4.69) is 28.5 Å². The molecular weight excluding hydrogens is 220 g/mol. The Labute approximate surface area is 108 Å². The second kappa shape index (κ2) is 7.65. The summed E-state index contributed by atoms with van der Waals surface area (Å²) in [6.07, 6.45) is 18.5. The van der Waals surface area contributed by atoms with Gasteiger partial charge in [0.1, 0.15) is 6.04 Å². The van der Waals surface area contributed by atoms with Gasteiger partial charge in [0.15, 0.2) is 0 Å². The Morgan fingerprint density at radius 1 is 1.50 bits per heavy atom. The number of aromatic nitrogens is 1. The van der Waals surface area contributed by atoms with Gasteiger partial charge in [0.2, 0.25) is 0 Å². The zero-order valence-electron chi connectivity index (χ0n) is 10.1. The van der Waals surface area contributed by atoms with Crippen LogP contribution >= 0.6 is 0 Å². The van der Waals surface area contributed by atoms with Gasteiger partial charge in [-0.2, -0.15) is 0 Å². The molecule has 0 aliphatic heterocycles. The summed E-state index contributed by atoms with van der Waals surface area (Å²) in [5, 5.41) is 0. The normalized spacial score (nSPS) is 12.7. The molecule has 1 rings (SSSR count). The van der Waals surface area contributed by atoms with Crippen molar-refractivity contribution < 1.29 is 0 Å². The quantitative estimate of drug-likeness (QED) is 0.437. The van der Waals surface area contributed by atoms with Gasteiger partial charge in [-0.05, 0) is 31.3 Å². The summed E-state index contributed by atoms with van der Waals surface area (Å²) in [5.74, 6) is 5.04. The van der Waals surface area contributed by atoms with Crippen molar-refractivity contribution in [3.8, 4) is 24.7 Å². The maximum atomic E-state index is 5.30. The van der Waals surface area contributed by atoms with Crippen LogP contribution in [0.2, 0.25) is 0 Å². The molecule has 0 bridgehead atoms. The summed E-state index contributed by atoms with van der Waals surface area (Å²) >= 11 is 0. The van der Waals surface area contributed by atoms with Crippen molar-refractivity contribution in [3.05, 3.63) is 48.3 Å². The molecule has 0 N–H and O–H groups in total. The van der Waals surface area contributed by atoms with Crippen LogP contribution in [0.25, 0.3) is 5.57 Å². The van der Waals surface area contributed by atoms with E-state index in [0.29, 0.717) is 6.42 Å². The Hall–Kier alpha value is -2.58. The molecule has 18 heavy (non-hydrogen) atoms. The molecule has 0 radical (unpaired) electrons. The number of pyridine rings is 1. The highest BCUT2D eigenvalue weighted by Crippen LogP contribution is 2.13. The topological polar surface area (TPSA) is 25.2 Å². The molecule has 0 spiro atoms. The average molecular weight is 234 g/mol. The second-order valence-electron chi connectivity index (χ2n) is 3.48. The Kier molecular flexibility index (Phi) is 5.73. The number of nitrogens with zero attached hydrogens (tertiary/aromatic N) is 2. The third kappa shape index (κ3) is 4.12. The van der Waals surface area contributed by atoms with E-state index in [0.717, 1.165) is 11.3 Å². The molecule has 0 saturated carbocycles. The first-order chi connectivity index (χ1) is 8.81. The number of terminal acetylenes is 2. The lowest BCUT2D eigenvalue weighted by Crippen LogP contribution is -1.96. The first-order valence-electron chi connectivity index (χ1n) is 5.48. The molecule has 1 unspecified atom stereocenters. The fourth-order valence-electron chi connectivity index (χ4n) is 1.35. The molecule has 0 amide bonds. The monoisotopic (exact) mass is 234 g/mol. The third-order valence-electron chi connectivity index (χ3n) is 2.27. The van der Waals surface area contributed by atoms with Crippen molar-refractivity contribution in [1.82, 2.24) is 4.98 Å². The molecule has 0 aromatic carbocycles. The van der Waals surface area contributed by atoms with Gasteiger partial charge in [-0.25, -0.2) is 0 Å². The minimum atomic E-state index is -0.197. The van der Waals surface area contributed by atoms with Gasteiger partial charge in [-0.3, -0.25) is 9.98 Å². The van der Waals surface area contributed by atoms with Crippen LogP contribution in [0.4, 0.5) is 0 Å². The molecule has 0 saturated heterocycles. The van der Waals surface area contributed by atoms with E-state index in [4.69, 9.17) is 12.8 Å². The van der Waals surface area contributed by atoms with Crippen LogP contribution in [0.15, 0.2) is 47.6 Å². The van der Waals surface area contributed by atoms with Gasteiger partial charge in [0.25, 0.3) is 0 Å². The van der Waals surface area contributed by atoms with Crippen LogP contribution in [0.1, 0.15) is 12.1 Å². The Bertz CT molecular complexity index is 524. The fourth-order valence-corrected chi connectivity index (χ4v) is 1.35. The van der Waals surface area contributed by atoms with E-state index in [9.17, 15) is 0 Å². The summed E-state index contributed by atoms with van der Waals surface area (Å²) in [5.41, 5.74) is 1.70. The Morgan fingerprint density at radius 2 is 2.33 bits per heavy atom. The summed E-state index contributed by atoms with van der Waals surface area (Å²) in [7, 11) is 0. The van der Waals surface area contributed by atoms with Crippen molar-refractivity contribution in [1.29, 1.82) is 0 Å². The molecule has 0 aliphatic rings. The van der Waals surface area contributed by atoms with Crippen LogP contribution in [0.3, 0.4) is 0 Å². The van der Waals surface area contributed by atoms with Crippen molar-refractivity contribution in [2.24, 2.45) is 4.99 Å². The largest absolute Gasteiger partial charge is 0.284 e. The number of aliphatic imine (C=N–C) groups is 1. The molecule has 88 valence electrons. The zero-order chi connectivity index (χ0) is 13.2. The number of allylic oxidation sites excluding steroid dienone is 3. The molecule has 1 aromatic heterocycles. The van der Waals surface area contributed by atoms with E-state index in [-0.39, 0.29) is 6.04 Å². The van der Waals surface area contributed by atoms with Crippen LogP contribution in [-0.4, -0.2) is 17.7 Å². The van der Waals surface area contributed by atoms with E-state index < -0.39 is 0 Å². The Morgan fingerprint density at radius 3 is 2.89 bits per heavy atom. The maximum Gasteiger partial charge on any atom is 0.113 e. The van der Waals surface area contributed by atoms with Gasteiger partial charge in [0.05, 0.1) is 5.69 Å². The molecule has 1 aromatic rings. The highest BCUT2D eigenvalue weighted by Gasteiger charge is 1.99. The van der Waals surface area contributed by atoms with Gasteiger partial charge in [-0.1, -0.05) is 30.1 Å². The van der Waals surface area contributed by atoms with Crippen molar-refractivity contribution in [2.75, 3.05) is 0 Å². The standard InChI is InChI=1S/C16H14N2/c1-4-9-14(16-12-6-7-13-18-16)10-8-11-15(5-2)17-3/h1-2,6-10,12-13,15H,3,11H2/b10-8-,14-9+. The van der Waals surface area contributed by atoms with Gasteiger partial charge in [-0.15, -0.1) is 12.8 Å². The van der Waals surface area contributed by atoms with Crippen LogP contribution in [0, 0.1) is 24.7 Å². The van der Waals surface area contributed by atoms with E-state index in [1.807, 2.05) is 30.4 Å². The molecular formula is C16H14N2. The summed E-state index contributed by atoms with van der Waals surface area (Å²) in [6.45, 7) is 3.44. The van der Waals surface area contributed by atoms with Crippen molar-refractivity contribution >= 4 is 12.3 Å². The van der Waals surface area contributed by atoms with E-state index >= 15 is 0 Å². The summed E-state index contributed by atoms with van der Waals surface area (Å²) in [4.78, 5) is 8.05. The molecule has 2 nitrogen and oxygen atoms in total. The predicted octanol–water partition coefficient (Wildman–Crippen LogP) is 2.75. The molecule has 2 heteroatoms. The minimum Gasteiger partial charge on any atom is -0.284 e. The third-order valence-corrected chi connectivity index (χ3v) is 2.27. The predicted molar refractivity (Wildman–Crippen MR) is 77.0 cm³/mol. The lowest BCUT2D eigenvalue weighted by molar-refractivity contribution is 0.872. The molecule has 0 fully saturated rings. The summed E-state index contributed by atoms with van der Waals surface area (Å²) in [6, 6.07) is 5.47. The van der Waals surface area contributed by atoms with Crippen LogP contribution in [-0.2, 0) is 0 Å². The minimum absolute atomic E-state index is 0.197. The molecule has 1 heterocycles. The maximum absolute atomic E-state index is 5.30. The highest BCUT2D eigenvalue weighted by atomic mass is 14.7. The van der Waals surface area contributed by atoms with Gasteiger partial charge in [0, 0.05) is 11.8 Å². The average Bonchev–Trinajstić information content (AvgIpc) is 2.43. The number of hydrogen-bond acceptors (Lipinski definition) is 2. The molecule has 0 aliphatic carbocycles. The first kappa shape index (κ1) is 13.5. The number of hydrogen-bond donors (Lipinski definition) is 0.